The number of hydrogen-bond acceptors (Lipinski definition) is 0. The van der Waals surface area contributed by atoms with Gasteiger partial charge in [0.15, 0.2) is 0 Å². The largest absolute Gasteiger partial charge is 0.364 e. The molecule has 1 heterocycles. The van der Waals surface area contributed by atoms with Crippen LogP contribution in [0.4, 0.5) is 5.82 Å². The maximum atomic E-state index is 6.80. The standard InChI is InChI=1S/C8H10N2/c1-6-5-8(9-3)10(4)7(6)2/h5H,1-2,4H3. The fraction of sp³-hybridized carbons (Fsp3) is 0.375. The van der Waals surface area contributed by atoms with Gasteiger partial charge in [0.05, 0.1) is 12.7 Å². The third-order valence-electron chi connectivity index (χ3n) is 1.88. The number of hydrogen-bond donors (Lipinski definition) is 0. The number of rotatable bonds is 0. The predicted octanol–water partition coefficient (Wildman–Crippen LogP) is 2.19. The maximum Gasteiger partial charge on any atom is 0.230 e. The molecule has 0 amide bonds. The summed E-state index contributed by atoms with van der Waals surface area (Å²) in [5, 5.41) is 0. The highest BCUT2D eigenvalue weighted by atomic mass is 15.0. The average molecular weight is 134 g/mol. The van der Waals surface area contributed by atoms with Gasteiger partial charge in [-0.2, -0.15) is 0 Å². The number of aromatic nitrogens is 1. The van der Waals surface area contributed by atoms with Gasteiger partial charge in [-0.25, -0.2) is 0 Å². The van der Waals surface area contributed by atoms with Crippen molar-refractivity contribution >= 4 is 5.82 Å². The zero-order chi connectivity index (χ0) is 7.72. The minimum Gasteiger partial charge on any atom is -0.364 e. The van der Waals surface area contributed by atoms with Gasteiger partial charge in [0.1, 0.15) is 0 Å². The normalized spacial score (nSPS) is 9.40. The van der Waals surface area contributed by atoms with Crippen LogP contribution in [0.5, 0.6) is 0 Å². The van der Waals surface area contributed by atoms with Crippen LogP contribution in [0.3, 0.4) is 0 Å². The van der Waals surface area contributed by atoms with E-state index in [1.54, 1.807) is 0 Å². The summed E-state index contributed by atoms with van der Waals surface area (Å²) in [6.45, 7) is 10.8. The van der Waals surface area contributed by atoms with Crippen LogP contribution in [0.1, 0.15) is 11.3 Å². The summed E-state index contributed by atoms with van der Waals surface area (Å²) in [5.41, 5.74) is 2.36. The van der Waals surface area contributed by atoms with E-state index in [4.69, 9.17) is 6.57 Å². The second-order valence-electron chi connectivity index (χ2n) is 2.44. The van der Waals surface area contributed by atoms with Crippen LogP contribution >= 0.6 is 0 Å². The molecule has 0 N–H and O–H groups in total. The van der Waals surface area contributed by atoms with E-state index in [1.807, 2.05) is 31.5 Å². The van der Waals surface area contributed by atoms with Gasteiger partial charge in [0, 0.05) is 0 Å². The van der Waals surface area contributed by atoms with Crippen molar-refractivity contribution in [3.8, 4) is 0 Å². The Kier molecular flexibility index (Phi) is 1.50. The van der Waals surface area contributed by atoms with Gasteiger partial charge in [0.25, 0.3) is 0 Å². The van der Waals surface area contributed by atoms with Crippen LogP contribution < -0.4 is 0 Å². The molecule has 10 heavy (non-hydrogen) atoms. The fourth-order valence-corrected chi connectivity index (χ4v) is 0.939. The average Bonchev–Trinajstić information content (AvgIpc) is 2.17. The molecule has 1 aromatic heterocycles. The molecule has 0 aliphatic carbocycles. The van der Waals surface area contributed by atoms with Crippen LogP contribution in [0.2, 0.25) is 0 Å². The first-order valence-corrected chi connectivity index (χ1v) is 3.17. The summed E-state index contributed by atoms with van der Waals surface area (Å²) in [4.78, 5) is 3.36. The van der Waals surface area contributed by atoms with E-state index < -0.39 is 0 Å². The highest BCUT2D eigenvalue weighted by molar-refractivity contribution is 5.44. The molecule has 2 heteroatoms. The second-order valence-corrected chi connectivity index (χ2v) is 2.44. The Bertz CT molecular complexity index is 289. The minimum absolute atomic E-state index is 0.718. The zero-order valence-corrected chi connectivity index (χ0v) is 6.47. The van der Waals surface area contributed by atoms with Crippen LogP contribution in [0.15, 0.2) is 6.07 Å². The van der Waals surface area contributed by atoms with Gasteiger partial charge in [-0.1, -0.05) is 6.57 Å². The van der Waals surface area contributed by atoms with E-state index >= 15 is 0 Å². The quantitative estimate of drug-likeness (QED) is 0.481. The van der Waals surface area contributed by atoms with Crippen LogP contribution in [-0.2, 0) is 7.05 Å². The van der Waals surface area contributed by atoms with E-state index in [9.17, 15) is 0 Å². The van der Waals surface area contributed by atoms with Crippen molar-refractivity contribution in [3.05, 3.63) is 28.7 Å². The molecule has 0 atom stereocenters. The monoisotopic (exact) mass is 134 g/mol. The molecule has 1 rings (SSSR count). The van der Waals surface area contributed by atoms with Crippen molar-refractivity contribution in [2.45, 2.75) is 13.8 Å². The summed E-state index contributed by atoms with van der Waals surface area (Å²) in [7, 11) is 1.91. The third kappa shape index (κ3) is 0.801. The van der Waals surface area contributed by atoms with E-state index in [0.29, 0.717) is 0 Å². The summed E-state index contributed by atoms with van der Waals surface area (Å²) >= 11 is 0. The fourth-order valence-electron chi connectivity index (χ4n) is 0.939. The van der Waals surface area contributed by atoms with Gasteiger partial charge in [-0.3, -0.25) is 4.57 Å². The van der Waals surface area contributed by atoms with Crippen molar-refractivity contribution in [3.63, 3.8) is 0 Å². The SMILES string of the molecule is [C-]#[N+]c1cc(C)c(C)n1C. The van der Waals surface area contributed by atoms with E-state index in [2.05, 4.69) is 4.85 Å². The molecule has 0 unspecified atom stereocenters. The Morgan fingerprint density at radius 2 is 2.10 bits per heavy atom. The molecule has 0 aliphatic heterocycles. The molecule has 0 saturated heterocycles. The molecule has 0 saturated carbocycles. The molecule has 2 nitrogen and oxygen atoms in total. The summed E-state index contributed by atoms with van der Waals surface area (Å²) in [6.07, 6.45) is 0. The Hall–Kier alpha value is -1.23. The smallest absolute Gasteiger partial charge is 0.230 e. The molecular formula is C8H10N2. The van der Waals surface area contributed by atoms with E-state index in [1.165, 1.54) is 11.3 Å². The lowest BCUT2D eigenvalue weighted by Gasteiger charge is -1.93. The molecule has 0 spiro atoms. The van der Waals surface area contributed by atoms with Gasteiger partial charge < -0.3 is 4.85 Å². The van der Waals surface area contributed by atoms with Crippen LogP contribution in [-0.4, -0.2) is 4.57 Å². The van der Waals surface area contributed by atoms with Crippen LogP contribution in [0, 0.1) is 20.4 Å². The van der Waals surface area contributed by atoms with Crippen molar-refractivity contribution in [2.24, 2.45) is 7.05 Å². The van der Waals surface area contributed by atoms with Crippen molar-refractivity contribution in [1.82, 2.24) is 4.57 Å². The molecule has 0 fully saturated rings. The Morgan fingerprint density at radius 1 is 1.50 bits per heavy atom. The zero-order valence-electron chi connectivity index (χ0n) is 6.47. The van der Waals surface area contributed by atoms with E-state index in [-0.39, 0.29) is 0 Å². The Morgan fingerprint density at radius 3 is 2.30 bits per heavy atom. The highest BCUT2D eigenvalue weighted by Gasteiger charge is 2.04. The van der Waals surface area contributed by atoms with Gasteiger partial charge in [0.2, 0.25) is 5.82 Å². The van der Waals surface area contributed by atoms with Crippen LogP contribution in [0.25, 0.3) is 4.85 Å². The lowest BCUT2D eigenvalue weighted by molar-refractivity contribution is 0.893. The topological polar surface area (TPSA) is 9.29 Å². The molecule has 52 valence electrons. The molecular weight excluding hydrogens is 124 g/mol. The Balaban J connectivity index is 3.34. The Labute approximate surface area is 60.9 Å². The predicted molar refractivity (Wildman–Crippen MR) is 41.1 cm³/mol. The first kappa shape index (κ1) is 6.88. The first-order chi connectivity index (χ1) is 4.66. The number of aryl methyl sites for hydroxylation is 1. The molecule has 1 aromatic rings. The second kappa shape index (κ2) is 2.18. The summed E-state index contributed by atoms with van der Waals surface area (Å²) in [5.74, 6) is 0.718. The first-order valence-electron chi connectivity index (χ1n) is 3.17. The van der Waals surface area contributed by atoms with E-state index in [0.717, 1.165) is 5.82 Å². The highest BCUT2D eigenvalue weighted by Crippen LogP contribution is 2.19. The maximum absolute atomic E-state index is 6.80. The molecule has 0 aromatic carbocycles. The molecule has 0 radical (unpaired) electrons. The molecule has 0 aliphatic rings. The number of nitrogens with zero attached hydrogens (tertiary/aromatic N) is 2. The van der Waals surface area contributed by atoms with Crippen molar-refractivity contribution in [2.75, 3.05) is 0 Å². The lowest BCUT2D eigenvalue weighted by Crippen LogP contribution is -1.88. The van der Waals surface area contributed by atoms with Crippen molar-refractivity contribution < 1.29 is 0 Å². The van der Waals surface area contributed by atoms with Gasteiger partial charge >= 0.3 is 0 Å². The third-order valence-corrected chi connectivity index (χ3v) is 1.88. The molecule has 0 bridgehead atoms. The minimum atomic E-state index is 0.718. The lowest BCUT2D eigenvalue weighted by atomic mass is 10.3. The van der Waals surface area contributed by atoms with Gasteiger partial charge in [-0.15, -0.1) is 0 Å². The van der Waals surface area contributed by atoms with Crippen molar-refractivity contribution in [1.29, 1.82) is 0 Å². The summed E-state index contributed by atoms with van der Waals surface area (Å²) in [6, 6.07) is 1.91. The summed E-state index contributed by atoms with van der Waals surface area (Å²) < 4.78 is 1.91. The van der Waals surface area contributed by atoms with Gasteiger partial charge in [-0.05, 0) is 25.5 Å².